The predicted octanol–water partition coefficient (Wildman–Crippen LogP) is 0.733. The summed E-state index contributed by atoms with van der Waals surface area (Å²) >= 11 is 0. The van der Waals surface area contributed by atoms with Crippen LogP contribution in [0.1, 0.15) is 26.2 Å². The molecule has 18 heavy (non-hydrogen) atoms. The Kier molecular flexibility index (Phi) is 6.86. The predicted molar refractivity (Wildman–Crippen MR) is 69.2 cm³/mol. The number of urea groups is 1. The second-order valence-corrected chi connectivity index (χ2v) is 4.16. The monoisotopic (exact) mass is 254 g/mol. The van der Waals surface area contributed by atoms with Crippen molar-refractivity contribution >= 4 is 6.03 Å². The van der Waals surface area contributed by atoms with E-state index in [-0.39, 0.29) is 12.1 Å². The van der Waals surface area contributed by atoms with Crippen molar-refractivity contribution in [3.05, 3.63) is 18.5 Å². The molecular formula is C12H22N4O2. The third-order valence-corrected chi connectivity index (χ3v) is 2.64. The van der Waals surface area contributed by atoms with Gasteiger partial charge in [-0.1, -0.05) is 6.92 Å². The number of aliphatic hydroxyl groups excluding tert-OH is 1. The maximum atomic E-state index is 11.3. The van der Waals surface area contributed by atoms with E-state index >= 15 is 0 Å². The largest absolute Gasteiger partial charge is 0.393 e. The fourth-order valence-corrected chi connectivity index (χ4v) is 1.49. The molecule has 0 aliphatic heterocycles. The molecule has 1 unspecified atom stereocenters. The van der Waals surface area contributed by atoms with Gasteiger partial charge in [0.25, 0.3) is 0 Å². The first kappa shape index (κ1) is 14.5. The quantitative estimate of drug-likeness (QED) is 0.598. The fourth-order valence-electron chi connectivity index (χ4n) is 1.49. The standard InChI is InChI=1S/C12H22N4O2/c1-2-11(17)5-8-14-12(18)13-6-3-9-16-10-4-7-15-16/h4,7,10-11,17H,2-3,5-6,8-9H2,1H3,(H2,13,14,18). The maximum Gasteiger partial charge on any atom is 0.314 e. The lowest BCUT2D eigenvalue weighted by Gasteiger charge is -2.10. The van der Waals surface area contributed by atoms with Gasteiger partial charge in [-0.2, -0.15) is 5.10 Å². The van der Waals surface area contributed by atoms with E-state index in [2.05, 4.69) is 15.7 Å². The average Bonchev–Trinajstić information content (AvgIpc) is 2.87. The summed E-state index contributed by atoms with van der Waals surface area (Å²) < 4.78 is 1.83. The van der Waals surface area contributed by atoms with Gasteiger partial charge in [0, 0.05) is 32.0 Å². The van der Waals surface area contributed by atoms with E-state index < -0.39 is 0 Å². The highest BCUT2D eigenvalue weighted by Crippen LogP contribution is 1.94. The van der Waals surface area contributed by atoms with Crippen molar-refractivity contribution in [1.29, 1.82) is 0 Å². The van der Waals surface area contributed by atoms with Crippen LogP contribution >= 0.6 is 0 Å². The second kappa shape index (κ2) is 8.52. The van der Waals surface area contributed by atoms with Crippen LogP contribution in [0.25, 0.3) is 0 Å². The van der Waals surface area contributed by atoms with E-state index in [0.29, 0.717) is 25.9 Å². The number of aliphatic hydroxyl groups is 1. The average molecular weight is 254 g/mol. The molecule has 1 rings (SSSR count). The van der Waals surface area contributed by atoms with E-state index in [1.807, 2.05) is 23.9 Å². The van der Waals surface area contributed by atoms with Gasteiger partial charge < -0.3 is 15.7 Å². The number of hydrogen-bond acceptors (Lipinski definition) is 3. The van der Waals surface area contributed by atoms with Gasteiger partial charge in [-0.05, 0) is 25.3 Å². The van der Waals surface area contributed by atoms with Gasteiger partial charge in [0.05, 0.1) is 6.10 Å². The zero-order chi connectivity index (χ0) is 13.2. The topological polar surface area (TPSA) is 79.2 Å². The van der Waals surface area contributed by atoms with Crippen LogP contribution in [0.3, 0.4) is 0 Å². The van der Waals surface area contributed by atoms with E-state index in [4.69, 9.17) is 0 Å². The fraction of sp³-hybridized carbons (Fsp3) is 0.667. The molecule has 6 heteroatoms. The Morgan fingerprint density at radius 1 is 1.44 bits per heavy atom. The van der Waals surface area contributed by atoms with E-state index in [1.165, 1.54) is 0 Å². The molecule has 1 aromatic heterocycles. The first-order valence-corrected chi connectivity index (χ1v) is 6.39. The third-order valence-electron chi connectivity index (χ3n) is 2.64. The third kappa shape index (κ3) is 6.24. The van der Waals surface area contributed by atoms with Crippen molar-refractivity contribution in [3.63, 3.8) is 0 Å². The highest BCUT2D eigenvalue weighted by atomic mass is 16.3. The Morgan fingerprint density at radius 3 is 2.89 bits per heavy atom. The molecule has 0 bridgehead atoms. The van der Waals surface area contributed by atoms with Crippen LogP contribution in [0.15, 0.2) is 18.5 Å². The number of nitrogens with zero attached hydrogens (tertiary/aromatic N) is 2. The molecule has 0 saturated carbocycles. The molecule has 0 aliphatic carbocycles. The van der Waals surface area contributed by atoms with Crippen molar-refractivity contribution in [2.75, 3.05) is 13.1 Å². The maximum absolute atomic E-state index is 11.3. The Labute approximate surface area is 107 Å². The minimum absolute atomic E-state index is 0.182. The summed E-state index contributed by atoms with van der Waals surface area (Å²) in [4.78, 5) is 11.3. The van der Waals surface area contributed by atoms with Crippen molar-refractivity contribution in [2.24, 2.45) is 0 Å². The minimum atomic E-state index is -0.329. The molecule has 1 aromatic rings. The van der Waals surface area contributed by atoms with E-state index in [9.17, 15) is 9.90 Å². The molecule has 6 nitrogen and oxygen atoms in total. The molecule has 0 radical (unpaired) electrons. The van der Waals surface area contributed by atoms with Crippen LogP contribution in [0.2, 0.25) is 0 Å². The number of hydrogen-bond donors (Lipinski definition) is 3. The lowest BCUT2D eigenvalue weighted by molar-refractivity contribution is 0.160. The Morgan fingerprint density at radius 2 is 2.22 bits per heavy atom. The molecule has 0 aliphatic rings. The number of nitrogens with one attached hydrogen (secondary N) is 2. The summed E-state index contributed by atoms with van der Waals surface area (Å²) in [7, 11) is 0. The van der Waals surface area contributed by atoms with Crippen LogP contribution in [0, 0.1) is 0 Å². The van der Waals surface area contributed by atoms with Crippen LogP contribution < -0.4 is 10.6 Å². The van der Waals surface area contributed by atoms with Crippen molar-refractivity contribution in [2.45, 2.75) is 38.8 Å². The van der Waals surface area contributed by atoms with Gasteiger partial charge in [0.1, 0.15) is 0 Å². The summed E-state index contributed by atoms with van der Waals surface area (Å²) in [5, 5.41) is 18.9. The smallest absolute Gasteiger partial charge is 0.314 e. The summed E-state index contributed by atoms with van der Waals surface area (Å²) in [6, 6.07) is 1.69. The Hall–Kier alpha value is -1.56. The molecule has 0 saturated heterocycles. The van der Waals surface area contributed by atoms with Gasteiger partial charge in [0.2, 0.25) is 0 Å². The highest BCUT2D eigenvalue weighted by molar-refractivity contribution is 5.73. The van der Waals surface area contributed by atoms with E-state index in [0.717, 1.165) is 13.0 Å². The molecule has 3 N–H and O–H groups in total. The molecule has 1 heterocycles. The van der Waals surface area contributed by atoms with E-state index in [1.54, 1.807) is 6.20 Å². The zero-order valence-electron chi connectivity index (χ0n) is 10.8. The number of rotatable bonds is 8. The molecular weight excluding hydrogens is 232 g/mol. The number of aryl methyl sites for hydroxylation is 1. The number of aromatic nitrogens is 2. The first-order valence-electron chi connectivity index (χ1n) is 6.39. The Bertz CT molecular complexity index is 327. The molecule has 0 fully saturated rings. The van der Waals surface area contributed by atoms with Crippen molar-refractivity contribution < 1.29 is 9.90 Å². The van der Waals surface area contributed by atoms with Gasteiger partial charge in [0.15, 0.2) is 0 Å². The molecule has 0 aromatic carbocycles. The van der Waals surface area contributed by atoms with Crippen LogP contribution in [-0.4, -0.2) is 40.1 Å². The van der Waals surface area contributed by atoms with Crippen LogP contribution in [0.5, 0.6) is 0 Å². The second-order valence-electron chi connectivity index (χ2n) is 4.16. The number of amides is 2. The number of carbonyl (C=O) groups is 1. The van der Waals surface area contributed by atoms with Gasteiger partial charge in [-0.25, -0.2) is 4.79 Å². The van der Waals surface area contributed by atoms with Gasteiger partial charge in [-0.15, -0.1) is 0 Å². The summed E-state index contributed by atoms with van der Waals surface area (Å²) in [5.74, 6) is 0. The normalized spacial score (nSPS) is 12.1. The lowest BCUT2D eigenvalue weighted by Crippen LogP contribution is -2.37. The van der Waals surface area contributed by atoms with Gasteiger partial charge >= 0.3 is 6.03 Å². The molecule has 0 spiro atoms. The summed E-state index contributed by atoms with van der Waals surface area (Å²) in [6.45, 7) is 3.82. The number of carbonyl (C=O) groups excluding carboxylic acids is 1. The molecule has 102 valence electrons. The van der Waals surface area contributed by atoms with Crippen LogP contribution in [-0.2, 0) is 6.54 Å². The van der Waals surface area contributed by atoms with Crippen LogP contribution in [0.4, 0.5) is 4.79 Å². The Balaban J connectivity index is 1.96. The minimum Gasteiger partial charge on any atom is -0.393 e. The summed E-state index contributed by atoms with van der Waals surface area (Å²) in [5.41, 5.74) is 0. The van der Waals surface area contributed by atoms with Crippen molar-refractivity contribution in [3.8, 4) is 0 Å². The molecule has 2 amide bonds. The highest BCUT2D eigenvalue weighted by Gasteiger charge is 2.02. The lowest BCUT2D eigenvalue weighted by atomic mass is 10.2. The first-order chi connectivity index (χ1) is 8.72. The summed E-state index contributed by atoms with van der Waals surface area (Å²) in [6.07, 6.45) is 5.45. The molecule has 1 atom stereocenters. The van der Waals surface area contributed by atoms with Crippen molar-refractivity contribution in [1.82, 2.24) is 20.4 Å². The zero-order valence-corrected chi connectivity index (χ0v) is 10.8. The van der Waals surface area contributed by atoms with Gasteiger partial charge in [-0.3, -0.25) is 4.68 Å². The SMILES string of the molecule is CCC(O)CCNC(=O)NCCCn1cccn1.